The number of ether oxygens (including phenoxy) is 2. The number of hydrogen-bond acceptors (Lipinski definition) is 7. The molecule has 19 heavy (non-hydrogen) atoms. The van der Waals surface area contributed by atoms with Crippen LogP contribution in [0.2, 0.25) is 0 Å². The summed E-state index contributed by atoms with van der Waals surface area (Å²) in [4.78, 5) is 11.8. The molecule has 0 radical (unpaired) electrons. The van der Waals surface area contributed by atoms with Gasteiger partial charge in [0.25, 0.3) is 11.8 Å². The first-order valence-corrected chi connectivity index (χ1v) is 6.39. The van der Waals surface area contributed by atoms with Gasteiger partial charge in [-0.25, -0.2) is 0 Å². The lowest BCUT2D eigenvalue weighted by atomic mass is 10.3. The molecule has 0 bridgehead atoms. The van der Waals surface area contributed by atoms with Crippen LogP contribution in [0.4, 0.5) is 6.01 Å². The van der Waals surface area contributed by atoms with Crippen LogP contribution in [0.3, 0.4) is 0 Å². The molecule has 1 amide bonds. The van der Waals surface area contributed by atoms with Gasteiger partial charge < -0.3 is 13.9 Å². The molecule has 0 aliphatic carbocycles. The zero-order valence-electron chi connectivity index (χ0n) is 9.66. The lowest BCUT2D eigenvalue weighted by Crippen LogP contribution is -2.21. The number of aromatic nitrogens is 2. The summed E-state index contributed by atoms with van der Waals surface area (Å²) in [6.07, 6.45) is 1.26. The number of carbonyl (C=O) groups is 1. The quantitative estimate of drug-likeness (QED) is 0.918. The molecule has 1 aliphatic heterocycles. The highest BCUT2D eigenvalue weighted by Crippen LogP contribution is 2.22. The maximum absolute atomic E-state index is 11.8. The Bertz CT molecular complexity index is 605. The molecular weight excluding hydrogens is 270 g/mol. The summed E-state index contributed by atoms with van der Waals surface area (Å²) < 4.78 is 15.4. The van der Waals surface area contributed by atoms with Crippen molar-refractivity contribution in [1.82, 2.24) is 10.2 Å². The number of nitrogens with one attached hydrogen (secondary N) is 1. The van der Waals surface area contributed by atoms with Gasteiger partial charge in [0, 0.05) is 10.9 Å². The molecule has 1 aliphatic rings. The summed E-state index contributed by atoms with van der Waals surface area (Å²) in [5, 5.41) is 13.8. The Morgan fingerprint density at radius 2 is 2.32 bits per heavy atom. The van der Waals surface area contributed by atoms with E-state index in [4.69, 9.17) is 13.9 Å². The van der Waals surface area contributed by atoms with Gasteiger partial charge in [-0.2, -0.15) is 11.3 Å². The smallest absolute Gasteiger partial charge is 0.322 e. The first kappa shape index (κ1) is 11.7. The largest absolute Gasteiger partial charge is 0.494 e. The molecule has 1 N–H and O–H groups in total. The number of carbonyl (C=O) groups excluding carboxylic acids is 1. The summed E-state index contributed by atoms with van der Waals surface area (Å²) in [5.41, 5.74) is 0.814. The van der Waals surface area contributed by atoms with E-state index in [2.05, 4.69) is 15.5 Å². The van der Waals surface area contributed by atoms with Crippen LogP contribution in [0, 0.1) is 0 Å². The molecule has 0 spiro atoms. The van der Waals surface area contributed by atoms with Crippen LogP contribution < -0.4 is 5.32 Å². The van der Waals surface area contributed by atoms with Crippen molar-refractivity contribution in [2.45, 2.75) is 0 Å². The van der Waals surface area contributed by atoms with Crippen LogP contribution in [0.5, 0.6) is 0 Å². The summed E-state index contributed by atoms with van der Waals surface area (Å²) in [7, 11) is 0. The molecule has 0 aromatic carbocycles. The highest BCUT2D eigenvalue weighted by atomic mass is 32.1. The molecular formula is C11H9N3O4S. The van der Waals surface area contributed by atoms with Gasteiger partial charge in [0.15, 0.2) is 0 Å². The molecule has 98 valence electrons. The number of amides is 1. The van der Waals surface area contributed by atoms with Crippen molar-refractivity contribution in [3.8, 4) is 11.5 Å². The molecule has 8 heteroatoms. The second-order valence-corrected chi connectivity index (χ2v) is 4.36. The fraction of sp³-hybridized carbons (Fsp3) is 0.182. The minimum absolute atomic E-state index is 0.0151. The van der Waals surface area contributed by atoms with Crippen molar-refractivity contribution in [2.75, 3.05) is 18.5 Å². The molecule has 0 atom stereocenters. The van der Waals surface area contributed by atoms with Crippen molar-refractivity contribution in [1.29, 1.82) is 0 Å². The van der Waals surface area contributed by atoms with Crippen molar-refractivity contribution in [2.24, 2.45) is 0 Å². The highest BCUT2D eigenvalue weighted by molar-refractivity contribution is 7.08. The summed E-state index contributed by atoms with van der Waals surface area (Å²) in [6, 6.07) is 1.87. The Kier molecular flexibility index (Phi) is 3.15. The number of thiophene rings is 1. The molecule has 2 aromatic rings. The second-order valence-electron chi connectivity index (χ2n) is 3.58. The third kappa shape index (κ3) is 2.58. The fourth-order valence-electron chi connectivity index (χ4n) is 1.42. The van der Waals surface area contributed by atoms with Gasteiger partial charge in [0.05, 0.1) is 0 Å². The highest BCUT2D eigenvalue weighted by Gasteiger charge is 2.18. The van der Waals surface area contributed by atoms with Crippen LogP contribution in [0.25, 0.3) is 11.5 Å². The van der Waals surface area contributed by atoms with E-state index in [9.17, 15) is 4.79 Å². The monoisotopic (exact) mass is 279 g/mol. The van der Waals surface area contributed by atoms with Gasteiger partial charge in [-0.1, -0.05) is 5.10 Å². The predicted molar refractivity (Wildman–Crippen MR) is 66.2 cm³/mol. The average molecular weight is 279 g/mol. The van der Waals surface area contributed by atoms with Crippen molar-refractivity contribution in [3.63, 3.8) is 0 Å². The summed E-state index contributed by atoms with van der Waals surface area (Å²) in [5.74, 6) is -0.0481. The van der Waals surface area contributed by atoms with Gasteiger partial charge in [0.2, 0.25) is 5.76 Å². The van der Waals surface area contributed by atoms with E-state index in [-0.39, 0.29) is 11.8 Å². The SMILES string of the molecule is O=C(Nc1nnc(-c2ccsc2)o1)C1=COCCO1. The van der Waals surface area contributed by atoms with Gasteiger partial charge in [-0.05, 0) is 11.4 Å². The van der Waals surface area contributed by atoms with E-state index in [0.29, 0.717) is 19.1 Å². The standard InChI is InChI=1S/C11H9N3O4S/c15-9(8-5-16-2-3-17-8)12-11-14-13-10(18-11)7-1-4-19-6-7/h1,4-6H,2-3H2,(H,12,14,15). The fourth-order valence-corrected chi connectivity index (χ4v) is 2.05. The lowest BCUT2D eigenvalue weighted by molar-refractivity contribution is -0.117. The Hall–Kier alpha value is -2.35. The predicted octanol–water partition coefficient (Wildman–Crippen LogP) is 1.62. The van der Waals surface area contributed by atoms with E-state index < -0.39 is 5.91 Å². The maximum Gasteiger partial charge on any atom is 0.322 e. The van der Waals surface area contributed by atoms with Crippen LogP contribution >= 0.6 is 11.3 Å². The van der Waals surface area contributed by atoms with Crippen LogP contribution in [-0.4, -0.2) is 29.3 Å². The molecule has 0 fully saturated rings. The Morgan fingerprint density at radius 3 is 3.05 bits per heavy atom. The first-order chi connectivity index (χ1) is 9.33. The number of nitrogens with zero attached hydrogens (tertiary/aromatic N) is 2. The topological polar surface area (TPSA) is 86.5 Å². The first-order valence-electron chi connectivity index (χ1n) is 5.45. The molecule has 0 unspecified atom stereocenters. The van der Waals surface area contributed by atoms with Crippen molar-refractivity contribution in [3.05, 3.63) is 28.8 Å². The zero-order valence-corrected chi connectivity index (χ0v) is 10.5. The van der Waals surface area contributed by atoms with Gasteiger partial charge in [-0.3, -0.25) is 10.1 Å². The zero-order chi connectivity index (χ0) is 13.1. The van der Waals surface area contributed by atoms with E-state index in [1.807, 2.05) is 16.8 Å². The van der Waals surface area contributed by atoms with E-state index >= 15 is 0 Å². The summed E-state index contributed by atoms with van der Waals surface area (Å²) >= 11 is 1.52. The number of hydrogen-bond donors (Lipinski definition) is 1. The molecule has 0 saturated heterocycles. The minimum Gasteiger partial charge on any atom is -0.494 e. The van der Waals surface area contributed by atoms with Gasteiger partial charge in [0.1, 0.15) is 19.5 Å². The second kappa shape index (κ2) is 5.11. The molecule has 7 nitrogen and oxygen atoms in total. The Balaban J connectivity index is 1.70. The Labute approximate surface area is 111 Å². The molecule has 3 heterocycles. The number of rotatable bonds is 3. The molecule has 3 rings (SSSR count). The van der Waals surface area contributed by atoms with Gasteiger partial charge in [-0.15, -0.1) is 5.10 Å². The maximum atomic E-state index is 11.8. The van der Waals surface area contributed by atoms with E-state index in [1.165, 1.54) is 17.6 Å². The Morgan fingerprint density at radius 1 is 1.37 bits per heavy atom. The van der Waals surface area contributed by atoms with E-state index in [1.54, 1.807) is 0 Å². The van der Waals surface area contributed by atoms with Crippen LogP contribution in [0.1, 0.15) is 0 Å². The average Bonchev–Trinajstić information content (AvgIpc) is 3.10. The van der Waals surface area contributed by atoms with Crippen molar-refractivity contribution >= 4 is 23.3 Å². The number of anilines is 1. The molecule has 0 saturated carbocycles. The van der Waals surface area contributed by atoms with Gasteiger partial charge >= 0.3 is 6.01 Å². The minimum atomic E-state index is -0.486. The van der Waals surface area contributed by atoms with Crippen LogP contribution in [-0.2, 0) is 14.3 Å². The lowest BCUT2D eigenvalue weighted by Gasteiger charge is -2.13. The summed E-state index contributed by atoms with van der Waals surface area (Å²) in [6.45, 7) is 0.767. The third-order valence-electron chi connectivity index (χ3n) is 2.29. The van der Waals surface area contributed by atoms with E-state index in [0.717, 1.165) is 5.56 Å². The van der Waals surface area contributed by atoms with Crippen LogP contribution in [0.15, 0.2) is 33.3 Å². The molecule has 2 aromatic heterocycles. The van der Waals surface area contributed by atoms with Crippen molar-refractivity contribution < 1.29 is 18.7 Å². The normalized spacial score (nSPS) is 14.2. The third-order valence-corrected chi connectivity index (χ3v) is 2.97.